The molecule has 0 bridgehead atoms. The molecule has 112 valence electrons. The molecule has 21 heavy (non-hydrogen) atoms. The highest BCUT2D eigenvalue weighted by atomic mass is 32.2. The molecule has 0 spiro atoms. The zero-order valence-electron chi connectivity index (χ0n) is 12.5. The van der Waals surface area contributed by atoms with Crippen molar-refractivity contribution in [1.82, 2.24) is 5.32 Å². The average Bonchev–Trinajstić information content (AvgIpc) is 2.39. The summed E-state index contributed by atoms with van der Waals surface area (Å²) in [7, 11) is -2.96. The van der Waals surface area contributed by atoms with Crippen LogP contribution < -0.4 is 5.32 Å². The average molecular weight is 303 g/mol. The third-order valence-electron chi connectivity index (χ3n) is 3.19. The molecule has 2 rings (SSSR count). The van der Waals surface area contributed by atoms with Crippen molar-refractivity contribution in [2.45, 2.75) is 25.8 Å². The van der Waals surface area contributed by atoms with E-state index in [2.05, 4.69) is 36.5 Å². The normalized spacial score (nSPS) is 11.5. The molecule has 0 amide bonds. The molecule has 1 N–H and O–H groups in total. The van der Waals surface area contributed by atoms with Crippen LogP contribution >= 0.6 is 0 Å². The van der Waals surface area contributed by atoms with Gasteiger partial charge in [0.25, 0.3) is 0 Å². The van der Waals surface area contributed by atoms with Gasteiger partial charge in [-0.15, -0.1) is 0 Å². The lowest BCUT2D eigenvalue weighted by molar-refractivity contribution is 0.601. The van der Waals surface area contributed by atoms with Gasteiger partial charge in [0.15, 0.2) is 9.84 Å². The third kappa shape index (κ3) is 5.69. The molecule has 2 aromatic rings. The van der Waals surface area contributed by atoms with Gasteiger partial charge in [-0.05, 0) is 23.6 Å². The SMILES string of the molecule is Cc1cccc(CNCc2ccc(CS(C)(=O)=O)cc2)c1. The maximum absolute atomic E-state index is 11.2. The van der Waals surface area contributed by atoms with Crippen molar-refractivity contribution in [3.8, 4) is 0 Å². The molecule has 0 heterocycles. The summed E-state index contributed by atoms with van der Waals surface area (Å²) < 4.78 is 22.5. The standard InChI is InChI=1S/C17H21NO2S/c1-14-4-3-5-17(10-14)12-18-11-15-6-8-16(9-7-15)13-21(2,19)20/h3-10,18H,11-13H2,1-2H3. The molecule has 4 heteroatoms. The number of hydrogen-bond donors (Lipinski definition) is 1. The summed E-state index contributed by atoms with van der Waals surface area (Å²) in [5.41, 5.74) is 4.52. The highest BCUT2D eigenvalue weighted by molar-refractivity contribution is 7.89. The summed E-state index contributed by atoms with van der Waals surface area (Å²) in [6.07, 6.45) is 1.25. The van der Waals surface area contributed by atoms with Crippen molar-refractivity contribution in [2.75, 3.05) is 6.26 Å². The molecule has 0 fully saturated rings. The monoisotopic (exact) mass is 303 g/mol. The minimum Gasteiger partial charge on any atom is -0.309 e. The van der Waals surface area contributed by atoms with Gasteiger partial charge in [-0.1, -0.05) is 54.1 Å². The van der Waals surface area contributed by atoms with Crippen molar-refractivity contribution in [3.05, 3.63) is 70.8 Å². The Morgan fingerprint density at radius 2 is 1.52 bits per heavy atom. The van der Waals surface area contributed by atoms with Crippen molar-refractivity contribution >= 4 is 9.84 Å². The number of nitrogens with one attached hydrogen (secondary N) is 1. The number of rotatable bonds is 6. The zero-order chi connectivity index (χ0) is 15.3. The topological polar surface area (TPSA) is 46.2 Å². The van der Waals surface area contributed by atoms with Crippen LogP contribution in [-0.2, 0) is 28.7 Å². The Bertz CT molecular complexity index is 691. The Morgan fingerprint density at radius 3 is 2.14 bits per heavy atom. The number of aryl methyl sites for hydroxylation is 1. The van der Waals surface area contributed by atoms with Gasteiger partial charge in [0.1, 0.15) is 0 Å². The minimum absolute atomic E-state index is 0.101. The Kier molecular flexibility index (Phi) is 5.15. The molecule has 0 atom stereocenters. The molecule has 0 aliphatic heterocycles. The van der Waals surface area contributed by atoms with E-state index in [1.807, 2.05) is 24.3 Å². The van der Waals surface area contributed by atoms with E-state index in [0.717, 1.165) is 24.2 Å². The summed E-state index contributed by atoms with van der Waals surface area (Å²) in [6, 6.07) is 16.1. The van der Waals surface area contributed by atoms with Crippen molar-refractivity contribution in [2.24, 2.45) is 0 Å². The zero-order valence-corrected chi connectivity index (χ0v) is 13.3. The fraction of sp³-hybridized carbons (Fsp3) is 0.294. The van der Waals surface area contributed by atoms with Gasteiger partial charge in [-0.3, -0.25) is 0 Å². The van der Waals surface area contributed by atoms with E-state index in [0.29, 0.717) is 0 Å². The first-order chi connectivity index (χ1) is 9.92. The Morgan fingerprint density at radius 1 is 0.905 bits per heavy atom. The lowest BCUT2D eigenvalue weighted by atomic mass is 10.1. The molecule has 0 unspecified atom stereocenters. The lowest BCUT2D eigenvalue weighted by Gasteiger charge is -2.07. The van der Waals surface area contributed by atoms with Crippen LogP contribution in [0.15, 0.2) is 48.5 Å². The smallest absolute Gasteiger partial charge is 0.151 e. The number of hydrogen-bond acceptors (Lipinski definition) is 3. The van der Waals surface area contributed by atoms with Crippen LogP contribution in [0.4, 0.5) is 0 Å². The van der Waals surface area contributed by atoms with E-state index in [1.54, 1.807) is 0 Å². The second kappa shape index (κ2) is 6.87. The van der Waals surface area contributed by atoms with Gasteiger partial charge in [0.2, 0.25) is 0 Å². The molecule has 2 aromatic carbocycles. The molecule has 0 aliphatic carbocycles. The maximum atomic E-state index is 11.2. The predicted octanol–water partition coefficient (Wildman–Crippen LogP) is 2.83. The van der Waals surface area contributed by atoms with E-state index in [9.17, 15) is 8.42 Å². The van der Waals surface area contributed by atoms with E-state index in [-0.39, 0.29) is 5.75 Å². The first-order valence-electron chi connectivity index (χ1n) is 6.94. The van der Waals surface area contributed by atoms with Crippen molar-refractivity contribution in [1.29, 1.82) is 0 Å². The van der Waals surface area contributed by atoms with Gasteiger partial charge < -0.3 is 5.32 Å². The van der Waals surface area contributed by atoms with Crippen LogP contribution in [0.2, 0.25) is 0 Å². The van der Waals surface area contributed by atoms with Crippen LogP contribution in [0.5, 0.6) is 0 Å². The fourth-order valence-corrected chi connectivity index (χ4v) is 3.03. The summed E-state index contributed by atoms with van der Waals surface area (Å²) in [6.45, 7) is 3.68. The van der Waals surface area contributed by atoms with E-state index in [4.69, 9.17) is 0 Å². The quantitative estimate of drug-likeness (QED) is 0.892. The lowest BCUT2D eigenvalue weighted by Crippen LogP contribution is -2.12. The van der Waals surface area contributed by atoms with Crippen LogP contribution in [0.1, 0.15) is 22.3 Å². The summed E-state index contributed by atoms with van der Waals surface area (Å²) in [5, 5.41) is 3.39. The molecule has 0 saturated heterocycles. The fourth-order valence-electron chi connectivity index (χ4n) is 2.23. The second-order valence-corrected chi connectivity index (χ2v) is 7.62. The van der Waals surface area contributed by atoms with Gasteiger partial charge in [-0.25, -0.2) is 8.42 Å². The van der Waals surface area contributed by atoms with E-state index >= 15 is 0 Å². The molecule has 0 saturated carbocycles. The van der Waals surface area contributed by atoms with Crippen molar-refractivity contribution < 1.29 is 8.42 Å². The second-order valence-electron chi connectivity index (χ2n) is 5.48. The summed E-state index contributed by atoms with van der Waals surface area (Å²) in [5.74, 6) is 0.101. The largest absolute Gasteiger partial charge is 0.309 e. The molecule has 3 nitrogen and oxygen atoms in total. The van der Waals surface area contributed by atoms with Gasteiger partial charge >= 0.3 is 0 Å². The molecule has 0 aliphatic rings. The Hall–Kier alpha value is -1.65. The van der Waals surface area contributed by atoms with Crippen LogP contribution in [0.25, 0.3) is 0 Å². The van der Waals surface area contributed by atoms with Gasteiger partial charge in [-0.2, -0.15) is 0 Å². The summed E-state index contributed by atoms with van der Waals surface area (Å²) >= 11 is 0. The first-order valence-corrected chi connectivity index (χ1v) is 9.00. The Balaban J connectivity index is 1.86. The van der Waals surface area contributed by atoms with Gasteiger partial charge in [0, 0.05) is 19.3 Å². The maximum Gasteiger partial charge on any atom is 0.151 e. The molecule has 0 radical (unpaired) electrons. The van der Waals surface area contributed by atoms with Crippen LogP contribution in [0.3, 0.4) is 0 Å². The number of benzene rings is 2. The predicted molar refractivity (Wildman–Crippen MR) is 86.7 cm³/mol. The third-order valence-corrected chi connectivity index (χ3v) is 4.05. The van der Waals surface area contributed by atoms with Crippen molar-refractivity contribution in [3.63, 3.8) is 0 Å². The molecular formula is C17H21NO2S. The highest BCUT2D eigenvalue weighted by Crippen LogP contribution is 2.08. The summed E-state index contributed by atoms with van der Waals surface area (Å²) in [4.78, 5) is 0. The molecular weight excluding hydrogens is 282 g/mol. The van der Waals surface area contributed by atoms with Crippen LogP contribution in [-0.4, -0.2) is 14.7 Å². The number of sulfone groups is 1. The van der Waals surface area contributed by atoms with E-state index in [1.165, 1.54) is 17.4 Å². The first kappa shape index (κ1) is 15.7. The molecule has 0 aromatic heterocycles. The highest BCUT2D eigenvalue weighted by Gasteiger charge is 2.04. The van der Waals surface area contributed by atoms with Gasteiger partial charge in [0.05, 0.1) is 5.75 Å². The van der Waals surface area contributed by atoms with Crippen LogP contribution in [0, 0.1) is 6.92 Å². The minimum atomic E-state index is -2.96. The Labute approximate surface area is 126 Å². The van der Waals surface area contributed by atoms with E-state index < -0.39 is 9.84 Å².